The van der Waals surface area contributed by atoms with E-state index < -0.39 is 0 Å². The average Bonchev–Trinajstić information content (AvgIpc) is 2.14. The van der Waals surface area contributed by atoms with Gasteiger partial charge in [0, 0.05) is 25.4 Å². The summed E-state index contributed by atoms with van der Waals surface area (Å²) in [6.45, 7) is 4.17. The van der Waals surface area contributed by atoms with Gasteiger partial charge in [-0.25, -0.2) is 0 Å². The Bertz CT molecular complexity index is 371. The van der Waals surface area contributed by atoms with E-state index in [-0.39, 0.29) is 11.7 Å². The molecule has 0 bridgehead atoms. The zero-order chi connectivity index (χ0) is 10.7. The van der Waals surface area contributed by atoms with E-state index in [0.717, 1.165) is 5.69 Å². The van der Waals surface area contributed by atoms with E-state index in [1.54, 1.807) is 11.6 Å². The highest BCUT2D eigenvalue weighted by atomic mass is 16.5. The van der Waals surface area contributed by atoms with Gasteiger partial charge in [-0.3, -0.25) is 4.79 Å². The van der Waals surface area contributed by atoms with Crippen molar-refractivity contribution in [3.8, 4) is 5.75 Å². The molecule has 0 saturated carbocycles. The quantitative estimate of drug-likeness (QED) is 0.762. The molecule has 78 valence electrons. The van der Waals surface area contributed by atoms with Crippen LogP contribution in [0.3, 0.4) is 0 Å². The molecular formula is C10H16N2O2. The van der Waals surface area contributed by atoms with Gasteiger partial charge in [0.25, 0.3) is 5.56 Å². The second-order valence-corrected chi connectivity index (χ2v) is 3.39. The lowest BCUT2D eigenvalue weighted by molar-refractivity contribution is 0.229. The Morgan fingerprint density at radius 1 is 1.57 bits per heavy atom. The Kier molecular flexibility index (Phi) is 3.30. The molecule has 0 aliphatic carbocycles. The van der Waals surface area contributed by atoms with E-state index >= 15 is 0 Å². The minimum atomic E-state index is -0.0680. The van der Waals surface area contributed by atoms with Gasteiger partial charge in [0.2, 0.25) is 0 Å². The maximum Gasteiger partial charge on any atom is 0.254 e. The Morgan fingerprint density at radius 3 is 2.71 bits per heavy atom. The van der Waals surface area contributed by atoms with Gasteiger partial charge in [-0.05, 0) is 19.9 Å². The normalized spacial score (nSPS) is 12.6. The molecule has 1 aromatic heterocycles. The summed E-state index contributed by atoms with van der Waals surface area (Å²) in [5.74, 6) is 0.587. The summed E-state index contributed by atoms with van der Waals surface area (Å²) in [4.78, 5) is 11.4. The number of ether oxygens (including phenoxy) is 1. The zero-order valence-corrected chi connectivity index (χ0v) is 8.78. The molecule has 0 aromatic carbocycles. The summed E-state index contributed by atoms with van der Waals surface area (Å²) < 4.78 is 7.01. The van der Waals surface area contributed by atoms with Crippen LogP contribution in [0.1, 0.15) is 12.6 Å². The number of aromatic nitrogens is 1. The van der Waals surface area contributed by atoms with Gasteiger partial charge in [-0.1, -0.05) is 0 Å². The third-order valence-corrected chi connectivity index (χ3v) is 2.15. The maximum absolute atomic E-state index is 11.4. The van der Waals surface area contributed by atoms with Crippen LogP contribution < -0.4 is 16.0 Å². The lowest BCUT2D eigenvalue weighted by Gasteiger charge is -2.13. The summed E-state index contributed by atoms with van der Waals surface area (Å²) in [5.41, 5.74) is 6.22. The van der Waals surface area contributed by atoms with Crippen LogP contribution in [-0.4, -0.2) is 17.2 Å². The molecule has 0 radical (unpaired) electrons. The van der Waals surface area contributed by atoms with Gasteiger partial charge < -0.3 is 15.0 Å². The third-order valence-electron chi connectivity index (χ3n) is 2.15. The van der Waals surface area contributed by atoms with Crippen LogP contribution in [0.5, 0.6) is 5.75 Å². The molecule has 0 fully saturated rings. The highest BCUT2D eigenvalue weighted by molar-refractivity contribution is 5.23. The van der Waals surface area contributed by atoms with Crippen molar-refractivity contribution in [1.29, 1.82) is 0 Å². The largest absolute Gasteiger partial charge is 0.489 e. The topological polar surface area (TPSA) is 57.2 Å². The lowest BCUT2D eigenvalue weighted by atomic mass is 10.3. The van der Waals surface area contributed by atoms with Crippen molar-refractivity contribution in [2.45, 2.75) is 20.0 Å². The fraction of sp³-hybridized carbons (Fsp3) is 0.500. The van der Waals surface area contributed by atoms with Crippen molar-refractivity contribution < 1.29 is 4.74 Å². The Hall–Kier alpha value is -1.29. The molecule has 4 nitrogen and oxygen atoms in total. The van der Waals surface area contributed by atoms with Crippen LogP contribution in [-0.2, 0) is 7.05 Å². The molecular weight excluding hydrogens is 180 g/mol. The third kappa shape index (κ3) is 2.35. The molecule has 0 spiro atoms. The second-order valence-electron chi connectivity index (χ2n) is 3.39. The Morgan fingerprint density at radius 2 is 2.21 bits per heavy atom. The predicted molar refractivity (Wildman–Crippen MR) is 55.6 cm³/mol. The lowest BCUT2D eigenvalue weighted by Crippen LogP contribution is -2.25. The van der Waals surface area contributed by atoms with Crippen molar-refractivity contribution in [3.63, 3.8) is 0 Å². The zero-order valence-electron chi connectivity index (χ0n) is 8.78. The second kappa shape index (κ2) is 4.28. The molecule has 0 saturated heterocycles. The van der Waals surface area contributed by atoms with Gasteiger partial charge in [-0.15, -0.1) is 0 Å². The summed E-state index contributed by atoms with van der Waals surface area (Å²) in [5, 5.41) is 0. The van der Waals surface area contributed by atoms with Crippen molar-refractivity contribution in [3.05, 3.63) is 28.2 Å². The van der Waals surface area contributed by atoms with Crippen molar-refractivity contribution in [2.24, 2.45) is 12.8 Å². The average molecular weight is 196 g/mol. The van der Waals surface area contributed by atoms with Crippen molar-refractivity contribution in [2.75, 3.05) is 6.54 Å². The number of pyridine rings is 1. The number of nitrogens with two attached hydrogens (primary N) is 1. The first kappa shape index (κ1) is 10.8. The van der Waals surface area contributed by atoms with Gasteiger partial charge in [0.1, 0.15) is 11.9 Å². The molecule has 1 rings (SSSR count). The fourth-order valence-corrected chi connectivity index (χ4v) is 1.09. The van der Waals surface area contributed by atoms with Crippen molar-refractivity contribution in [1.82, 2.24) is 4.57 Å². The minimum absolute atomic E-state index is 0.0655. The number of rotatable bonds is 3. The maximum atomic E-state index is 11.4. The summed E-state index contributed by atoms with van der Waals surface area (Å²) in [7, 11) is 1.73. The van der Waals surface area contributed by atoms with E-state index in [2.05, 4.69) is 0 Å². The van der Waals surface area contributed by atoms with E-state index in [1.165, 1.54) is 6.07 Å². The van der Waals surface area contributed by atoms with Crippen LogP contribution in [0.25, 0.3) is 0 Å². The molecule has 0 aliphatic rings. The summed E-state index contributed by atoms with van der Waals surface area (Å²) in [6.07, 6.45) is -0.0680. The van der Waals surface area contributed by atoms with Gasteiger partial charge in [-0.2, -0.15) is 0 Å². The molecule has 4 heteroatoms. The van der Waals surface area contributed by atoms with E-state index in [1.807, 2.05) is 19.9 Å². The van der Waals surface area contributed by atoms with Crippen molar-refractivity contribution >= 4 is 0 Å². The predicted octanol–water partition coefficient (Wildman–Crippen LogP) is 0.420. The van der Waals surface area contributed by atoms with Gasteiger partial charge in [0.05, 0.1) is 0 Å². The molecule has 1 heterocycles. The number of nitrogens with zero attached hydrogens (tertiary/aromatic N) is 1. The van der Waals surface area contributed by atoms with Gasteiger partial charge >= 0.3 is 0 Å². The Balaban J connectivity index is 2.96. The number of hydrogen-bond acceptors (Lipinski definition) is 3. The first-order chi connectivity index (χ1) is 6.54. The Labute approximate surface area is 83.3 Å². The molecule has 0 amide bonds. The summed E-state index contributed by atoms with van der Waals surface area (Å²) in [6, 6.07) is 3.30. The SMILES string of the molecule is Cc1cc(O[C@@H](C)CN)cc(=O)n1C. The van der Waals surface area contributed by atoms with Crippen LogP contribution in [0, 0.1) is 6.92 Å². The first-order valence-electron chi connectivity index (χ1n) is 4.59. The monoisotopic (exact) mass is 196 g/mol. The van der Waals surface area contributed by atoms with Crippen LogP contribution in [0.15, 0.2) is 16.9 Å². The van der Waals surface area contributed by atoms with E-state index in [9.17, 15) is 4.79 Å². The molecule has 0 aliphatic heterocycles. The number of hydrogen-bond donors (Lipinski definition) is 1. The smallest absolute Gasteiger partial charge is 0.254 e. The highest BCUT2D eigenvalue weighted by Gasteiger charge is 2.04. The standard InChI is InChI=1S/C10H16N2O2/c1-7-4-9(14-8(2)6-11)5-10(13)12(7)3/h4-5,8H,6,11H2,1-3H3/t8-/m0/s1. The molecule has 1 aromatic rings. The summed E-state index contributed by atoms with van der Waals surface area (Å²) >= 11 is 0. The molecule has 2 N–H and O–H groups in total. The number of aryl methyl sites for hydroxylation is 1. The first-order valence-corrected chi connectivity index (χ1v) is 4.59. The van der Waals surface area contributed by atoms with E-state index in [4.69, 9.17) is 10.5 Å². The fourth-order valence-electron chi connectivity index (χ4n) is 1.09. The van der Waals surface area contributed by atoms with Crippen LogP contribution >= 0.6 is 0 Å². The highest BCUT2D eigenvalue weighted by Crippen LogP contribution is 2.10. The molecule has 0 unspecified atom stereocenters. The van der Waals surface area contributed by atoms with E-state index in [0.29, 0.717) is 12.3 Å². The van der Waals surface area contributed by atoms with Crippen LogP contribution in [0.4, 0.5) is 0 Å². The molecule has 1 atom stereocenters. The van der Waals surface area contributed by atoms with Crippen LogP contribution in [0.2, 0.25) is 0 Å². The minimum Gasteiger partial charge on any atom is -0.489 e. The molecule has 14 heavy (non-hydrogen) atoms. The van der Waals surface area contributed by atoms with Gasteiger partial charge in [0.15, 0.2) is 0 Å².